The Hall–Kier alpha value is -3.03. The van der Waals surface area contributed by atoms with E-state index in [4.69, 9.17) is 4.74 Å². The normalized spacial score (nSPS) is 12.9. The summed E-state index contributed by atoms with van der Waals surface area (Å²) in [6, 6.07) is 14.9. The van der Waals surface area contributed by atoms with E-state index in [0.717, 1.165) is 53.6 Å². The number of nitrogens with zero attached hydrogens (tertiary/aromatic N) is 1. The van der Waals surface area contributed by atoms with Gasteiger partial charge in [0.2, 0.25) is 5.91 Å². The molecule has 5 rings (SSSR count). The van der Waals surface area contributed by atoms with Crippen LogP contribution in [0.1, 0.15) is 57.3 Å². The minimum atomic E-state index is -0.334. The first kappa shape index (κ1) is 25.6. The quantitative estimate of drug-likeness (QED) is 0.193. The third kappa shape index (κ3) is 5.48. The standard InChI is InChI=1S/C30H32N2O3S2/c1-4-35-30(34)28-23-10-6-8-12-25(23)37-29(28)31-27(33)18-36-26-17-32(24-11-7-5-9-22(24)26)16-21-15-19(2)13-14-20(21)3/h5,7,9,11,13-15,17H,4,6,8,10,12,16,18H2,1-3H3,(H,31,33). The summed E-state index contributed by atoms with van der Waals surface area (Å²) in [5, 5.41) is 4.81. The topological polar surface area (TPSA) is 60.3 Å². The number of carbonyl (C=O) groups excluding carboxylic acids is 2. The van der Waals surface area contributed by atoms with Crippen LogP contribution in [-0.4, -0.2) is 28.8 Å². The Morgan fingerprint density at radius 2 is 1.92 bits per heavy atom. The van der Waals surface area contributed by atoms with Crippen LogP contribution < -0.4 is 5.32 Å². The van der Waals surface area contributed by atoms with Crippen molar-refractivity contribution in [1.82, 2.24) is 4.57 Å². The van der Waals surface area contributed by atoms with E-state index in [1.54, 1.807) is 0 Å². The summed E-state index contributed by atoms with van der Waals surface area (Å²) in [6.07, 6.45) is 6.15. The fraction of sp³-hybridized carbons (Fsp3) is 0.333. The maximum Gasteiger partial charge on any atom is 0.341 e. The van der Waals surface area contributed by atoms with Crippen molar-refractivity contribution in [2.45, 2.75) is 57.9 Å². The van der Waals surface area contributed by atoms with Crippen LogP contribution in [0.3, 0.4) is 0 Å². The highest BCUT2D eigenvalue weighted by Crippen LogP contribution is 2.39. The fourth-order valence-corrected chi connectivity index (χ4v) is 7.17. The summed E-state index contributed by atoms with van der Waals surface area (Å²) in [5.74, 6) is -0.178. The second-order valence-electron chi connectivity index (χ2n) is 9.54. The van der Waals surface area contributed by atoms with Gasteiger partial charge in [-0.05, 0) is 69.2 Å². The molecule has 0 fully saturated rings. The van der Waals surface area contributed by atoms with Crippen LogP contribution in [0.4, 0.5) is 5.00 Å². The zero-order chi connectivity index (χ0) is 25.9. The predicted octanol–water partition coefficient (Wildman–Crippen LogP) is 7.15. The van der Waals surface area contributed by atoms with Gasteiger partial charge in [-0.15, -0.1) is 23.1 Å². The van der Waals surface area contributed by atoms with Crippen LogP contribution in [0.5, 0.6) is 0 Å². The number of para-hydroxylation sites is 1. The van der Waals surface area contributed by atoms with Crippen LogP contribution in [0.2, 0.25) is 0 Å². The molecule has 1 amide bonds. The summed E-state index contributed by atoms with van der Waals surface area (Å²) >= 11 is 3.06. The third-order valence-electron chi connectivity index (χ3n) is 6.86. The molecule has 0 radical (unpaired) electrons. The lowest BCUT2D eigenvalue weighted by Crippen LogP contribution is -2.17. The average molecular weight is 533 g/mol. The number of hydrogen-bond donors (Lipinski definition) is 1. The SMILES string of the molecule is CCOC(=O)c1c(NC(=O)CSc2cn(Cc3cc(C)ccc3C)c3ccccc23)sc2c1CCCC2. The highest BCUT2D eigenvalue weighted by molar-refractivity contribution is 8.00. The molecule has 5 nitrogen and oxygen atoms in total. The van der Waals surface area contributed by atoms with Gasteiger partial charge in [0.25, 0.3) is 0 Å². The van der Waals surface area contributed by atoms with E-state index in [1.165, 1.54) is 44.7 Å². The predicted molar refractivity (Wildman–Crippen MR) is 153 cm³/mol. The highest BCUT2D eigenvalue weighted by atomic mass is 32.2. The number of rotatable bonds is 8. The maximum atomic E-state index is 13.1. The number of aryl methyl sites for hydroxylation is 3. The number of aromatic nitrogens is 1. The van der Waals surface area contributed by atoms with Crippen molar-refractivity contribution in [3.63, 3.8) is 0 Å². The summed E-state index contributed by atoms with van der Waals surface area (Å²) in [7, 11) is 0. The van der Waals surface area contributed by atoms with Crippen molar-refractivity contribution in [1.29, 1.82) is 0 Å². The number of hydrogen-bond acceptors (Lipinski definition) is 5. The van der Waals surface area contributed by atoms with Gasteiger partial charge >= 0.3 is 5.97 Å². The van der Waals surface area contributed by atoms with Crippen LogP contribution in [0.15, 0.2) is 53.6 Å². The number of benzene rings is 2. The van der Waals surface area contributed by atoms with Gasteiger partial charge in [-0.3, -0.25) is 4.79 Å². The maximum absolute atomic E-state index is 13.1. The molecule has 0 saturated carbocycles. The molecular weight excluding hydrogens is 500 g/mol. The Morgan fingerprint density at radius 1 is 1.11 bits per heavy atom. The second kappa shape index (κ2) is 11.2. The van der Waals surface area contributed by atoms with Crippen molar-refractivity contribution in [2.24, 2.45) is 0 Å². The number of anilines is 1. The minimum absolute atomic E-state index is 0.111. The van der Waals surface area contributed by atoms with Gasteiger partial charge in [-0.2, -0.15) is 0 Å². The largest absolute Gasteiger partial charge is 0.462 e. The van der Waals surface area contributed by atoms with Crippen LogP contribution in [0.25, 0.3) is 10.9 Å². The molecule has 0 spiro atoms. The van der Waals surface area contributed by atoms with Gasteiger partial charge in [0.1, 0.15) is 5.00 Å². The van der Waals surface area contributed by atoms with Crippen molar-refractivity contribution < 1.29 is 14.3 Å². The van der Waals surface area contributed by atoms with E-state index in [-0.39, 0.29) is 17.6 Å². The number of ether oxygens (including phenoxy) is 1. The van der Waals surface area contributed by atoms with Gasteiger partial charge in [0.05, 0.1) is 17.9 Å². The molecule has 1 aliphatic rings. The van der Waals surface area contributed by atoms with Crippen LogP contribution in [0, 0.1) is 13.8 Å². The molecule has 0 atom stereocenters. The van der Waals surface area contributed by atoms with E-state index in [2.05, 4.69) is 66.3 Å². The minimum Gasteiger partial charge on any atom is -0.462 e. The Kier molecular flexibility index (Phi) is 7.72. The first-order valence-corrected chi connectivity index (χ1v) is 14.6. The monoisotopic (exact) mass is 532 g/mol. The number of thioether (sulfide) groups is 1. The van der Waals surface area contributed by atoms with Crippen molar-refractivity contribution in [3.05, 3.63) is 81.4 Å². The second-order valence-corrected chi connectivity index (χ2v) is 11.7. The smallest absolute Gasteiger partial charge is 0.341 e. The van der Waals surface area contributed by atoms with Gasteiger partial charge < -0.3 is 14.6 Å². The number of carbonyl (C=O) groups is 2. The molecule has 2 aromatic carbocycles. The first-order chi connectivity index (χ1) is 17.9. The zero-order valence-corrected chi connectivity index (χ0v) is 23.2. The zero-order valence-electron chi connectivity index (χ0n) is 21.6. The van der Waals surface area contributed by atoms with E-state index in [9.17, 15) is 9.59 Å². The van der Waals surface area contributed by atoms with Crippen molar-refractivity contribution >= 4 is 50.9 Å². The van der Waals surface area contributed by atoms with E-state index >= 15 is 0 Å². The molecule has 0 saturated heterocycles. The number of thiophene rings is 1. The Morgan fingerprint density at radius 3 is 2.76 bits per heavy atom. The number of esters is 1. The molecule has 1 aliphatic carbocycles. The third-order valence-corrected chi connectivity index (χ3v) is 9.11. The fourth-order valence-electron chi connectivity index (χ4n) is 4.99. The Labute approximate surface area is 226 Å². The molecule has 37 heavy (non-hydrogen) atoms. The highest BCUT2D eigenvalue weighted by Gasteiger charge is 2.27. The van der Waals surface area contributed by atoms with E-state index in [0.29, 0.717) is 17.2 Å². The van der Waals surface area contributed by atoms with Gasteiger partial charge in [-0.25, -0.2) is 4.79 Å². The van der Waals surface area contributed by atoms with Crippen molar-refractivity contribution in [2.75, 3.05) is 17.7 Å². The van der Waals surface area contributed by atoms with Gasteiger partial charge in [0.15, 0.2) is 0 Å². The van der Waals surface area contributed by atoms with Gasteiger partial charge in [-0.1, -0.05) is 42.0 Å². The molecular formula is C30H32N2O3S2. The molecule has 2 aromatic heterocycles. The van der Waals surface area contributed by atoms with Crippen molar-refractivity contribution in [3.8, 4) is 0 Å². The molecule has 192 valence electrons. The molecule has 0 aliphatic heterocycles. The van der Waals surface area contributed by atoms with E-state index in [1.807, 2.05) is 13.0 Å². The lowest BCUT2D eigenvalue weighted by atomic mass is 9.95. The van der Waals surface area contributed by atoms with Gasteiger partial charge in [0, 0.05) is 33.4 Å². The number of nitrogens with one attached hydrogen (secondary N) is 1. The molecule has 0 bridgehead atoms. The average Bonchev–Trinajstić information content (AvgIpc) is 3.43. The molecule has 4 aromatic rings. The molecule has 0 unspecified atom stereocenters. The Balaban J connectivity index is 1.34. The van der Waals surface area contributed by atoms with Crippen LogP contribution in [-0.2, 0) is 28.9 Å². The Bertz CT molecular complexity index is 1470. The molecule has 1 N–H and O–H groups in total. The van der Waals surface area contributed by atoms with Crippen LogP contribution >= 0.6 is 23.1 Å². The summed E-state index contributed by atoms with van der Waals surface area (Å²) in [6.45, 7) is 7.17. The number of amides is 1. The number of fused-ring (bicyclic) bond motifs is 2. The summed E-state index contributed by atoms with van der Waals surface area (Å²) in [5.41, 5.74) is 6.59. The lowest BCUT2D eigenvalue weighted by molar-refractivity contribution is -0.113. The summed E-state index contributed by atoms with van der Waals surface area (Å²) in [4.78, 5) is 28.1. The van der Waals surface area contributed by atoms with E-state index < -0.39 is 0 Å². The molecule has 2 heterocycles. The lowest BCUT2D eigenvalue weighted by Gasteiger charge is -2.12. The first-order valence-electron chi connectivity index (χ1n) is 12.8. The summed E-state index contributed by atoms with van der Waals surface area (Å²) < 4.78 is 7.60. The molecule has 7 heteroatoms.